The topological polar surface area (TPSA) is 80.9 Å². The summed E-state index contributed by atoms with van der Waals surface area (Å²) in [4.78, 5) is 12.9. The van der Waals surface area contributed by atoms with E-state index in [1.807, 2.05) is 18.2 Å². The lowest BCUT2D eigenvalue weighted by Gasteiger charge is -2.24. The number of phenolic OH excluding ortho intramolecular Hbond substituents is 2. The molecule has 0 spiro atoms. The number of aromatic hydroxyl groups is 2. The van der Waals surface area contributed by atoms with Crippen LogP contribution in [0.25, 0.3) is 22.0 Å². The zero-order chi connectivity index (χ0) is 17.7. The van der Waals surface area contributed by atoms with Crippen molar-refractivity contribution in [3.63, 3.8) is 0 Å². The van der Waals surface area contributed by atoms with Gasteiger partial charge in [0.25, 0.3) is 5.56 Å². The van der Waals surface area contributed by atoms with Gasteiger partial charge in [-0.2, -0.15) is 0 Å². The number of aryl methyl sites for hydroxylation is 1. The maximum Gasteiger partial charge on any atom is 0.262 e. The molecule has 2 heterocycles. The maximum absolute atomic E-state index is 12.9. The van der Waals surface area contributed by atoms with Gasteiger partial charge in [0.2, 0.25) is 0 Å². The molecule has 0 aliphatic carbocycles. The van der Waals surface area contributed by atoms with Gasteiger partial charge < -0.3 is 24.3 Å². The summed E-state index contributed by atoms with van der Waals surface area (Å²) in [6.45, 7) is 0.488. The van der Waals surface area contributed by atoms with Crippen LogP contribution in [0.3, 0.4) is 0 Å². The van der Waals surface area contributed by atoms with Crippen LogP contribution in [0, 0.1) is 0 Å². The van der Waals surface area contributed by atoms with Crippen molar-refractivity contribution < 1.29 is 19.7 Å². The first-order valence-corrected chi connectivity index (χ1v) is 7.89. The SMILES string of the molecule is COc1cc2c(cc1OC)-c1cc3ccc(O)c(O)c3c(=O)n1CC2. The molecule has 0 saturated heterocycles. The van der Waals surface area contributed by atoms with Crippen LogP contribution < -0.4 is 15.0 Å². The van der Waals surface area contributed by atoms with Gasteiger partial charge in [-0.3, -0.25) is 4.79 Å². The van der Waals surface area contributed by atoms with Crippen LogP contribution in [0.1, 0.15) is 5.56 Å². The van der Waals surface area contributed by atoms with Crippen LogP contribution in [0.5, 0.6) is 23.0 Å². The molecule has 25 heavy (non-hydrogen) atoms. The average Bonchev–Trinajstić information content (AvgIpc) is 2.63. The third-order valence-corrected chi connectivity index (χ3v) is 4.72. The summed E-state index contributed by atoms with van der Waals surface area (Å²) in [5.74, 6) is 0.569. The zero-order valence-electron chi connectivity index (χ0n) is 13.9. The van der Waals surface area contributed by atoms with E-state index in [1.165, 1.54) is 6.07 Å². The van der Waals surface area contributed by atoms with Crippen LogP contribution >= 0.6 is 0 Å². The van der Waals surface area contributed by atoms with Crippen LogP contribution in [0.4, 0.5) is 0 Å². The molecule has 0 atom stereocenters. The molecular weight excluding hydrogens is 322 g/mol. The van der Waals surface area contributed by atoms with Crippen LogP contribution in [-0.2, 0) is 13.0 Å². The van der Waals surface area contributed by atoms with Crippen molar-refractivity contribution in [1.29, 1.82) is 0 Å². The molecule has 1 aliphatic heterocycles. The number of aromatic nitrogens is 1. The Hall–Kier alpha value is -3.15. The fourth-order valence-electron chi connectivity index (χ4n) is 3.45. The first-order valence-electron chi connectivity index (χ1n) is 7.89. The zero-order valence-corrected chi connectivity index (χ0v) is 13.9. The largest absolute Gasteiger partial charge is 0.504 e. The van der Waals surface area contributed by atoms with Gasteiger partial charge in [0.1, 0.15) is 0 Å². The standard InChI is InChI=1S/C19H17NO5/c1-24-15-8-10-5-6-20-13(12(10)9-16(15)25-2)7-11-3-4-14(21)18(22)17(11)19(20)23/h3-4,7-9,21-22H,5-6H2,1-2H3. The number of phenols is 2. The highest BCUT2D eigenvalue weighted by Gasteiger charge is 2.23. The Labute approximate surface area is 143 Å². The van der Waals surface area contributed by atoms with Gasteiger partial charge in [-0.05, 0) is 41.6 Å². The Morgan fingerprint density at radius 1 is 1.04 bits per heavy atom. The molecule has 6 nitrogen and oxygen atoms in total. The van der Waals surface area contributed by atoms with E-state index in [0.29, 0.717) is 29.9 Å². The highest BCUT2D eigenvalue weighted by atomic mass is 16.5. The summed E-state index contributed by atoms with van der Waals surface area (Å²) >= 11 is 0. The van der Waals surface area contributed by atoms with E-state index in [4.69, 9.17) is 9.47 Å². The molecule has 0 radical (unpaired) electrons. The number of nitrogens with zero attached hydrogens (tertiary/aromatic N) is 1. The fourth-order valence-corrected chi connectivity index (χ4v) is 3.45. The Morgan fingerprint density at radius 2 is 1.76 bits per heavy atom. The molecule has 1 aliphatic rings. The quantitative estimate of drug-likeness (QED) is 0.702. The van der Waals surface area contributed by atoms with Gasteiger partial charge >= 0.3 is 0 Å². The van der Waals surface area contributed by atoms with E-state index >= 15 is 0 Å². The molecule has 0 unspecified atom stereocenters. The monoisotopic (exact) mass is 339 g/mol. The number of fused-ring (bicyclic) bond motifs is 4. The molecular formula is C19H17NO5. The van der Waals surface area contributed by atoms with E-state index in [0.717, 1.165) is 16.8 Å². The number of hydrogen-bond acceptors (Lipinski definition) is 5. The molecule has 6 heteroatoms. The van der Waals surface area contributed by atoms with Gasteiger partial charge in [0.05, 0.1) is 25.3 Å². The predicted molar refractivity (Wildman–Crippen MR) is 93.8 cm³/mol. The molecule has 1 aromatic heterocycles. The van der Waals surface area contributed by atoms with Gasteiger partial charge in [-0.25, -0.2) is 0 Å². The number of ether oxygens (including phenoxy) is 2. The van der Waals surface area contributed by atoms with E-state index in [2.05, 4.69) is 0 Å². The Morgan fingerprint density at radius 3 is 2.48 bits per heavy atom. The van der Waals surface area contributed by atoms with Gasteiger partial charge in [-0.15, -0.1) is 0 Å². The van der Waals surface area contributed by atoms with Crippen molar-refractivity contribution >= 4 is 10.8 Å². The number of hydrogen-bond donors (Lipinski definition) is 2. The lowest BCUT2D eigenvalue weighted by molar-refractivity contribution is 0.354. The molecule has 0 saturated carbocycles. The highest BCUT2D eigenvalue weighted by molar-refractivity contribution is 5.92. The third-order valence-electron chi connectivity index (χ3n) is 4.72. The summed E-state index contributed by atoms with van der Waals surface area (Å²) in [5, 5.41) is 20.5. The lowest BCUT2D eigenvalue weighted by Crippen LogP contribution is -2.26. The fraction of sp³-hybridized carbons (Fsp3) is 0.211. The van der Waals surface area contributed by atoms with Crippen LogP contribution in [-0.4, -0.2) is 29.0 Å². The summed E-state index contributed by atoms with van der Waals surface area (Å²) in [5.41, 5.74) is 2.40. The summed E-state index contributed by atoms with van der Waals surface area (Å²) in [7, 11) is 3.16. The molecule has 128 valence electrons. The van der Waals surface area contributed by atoms with E-state index in [9.17, 15) is 15.0 Å². The minimum absolute atomic E-state index is 0.132. The van der Waals surface area contributed by atoms with Crippen molar-refractivity contribution in [2.75, 3.05) is 14.2 Å². The molecule has 0 fully saturated rings. The Bertz CT molecular complexity index is 1070. The lowest BCUT2D eigenvalue weighted by atomic mass is 9.95. The Kier molecular flexibility index (Phi) is 3.35. The second kappa shape index (κ2) is 5.44. The Balaban J connectivity index is 2.06. The van der Waals surface area contributed by atoms with Crippen molar-refractivity contribution in [2.45, 2.75) is 13.0 Å². The first kappa shape index (κ1) is 15.4. The normalized spacial score (nSPS) is 12.6. The second-order valence-corrected chi connectivity index (χ2v) is 6.00. The molecule has 2 aromatic carbocycles. The second-order valence-electron chi connectivity index (χ2n) is 6.00. The minimum atomic E-state index is -0.379. The van der Waals surface area contributed by atoms with Crippen molar-refractivity contribution in [3.8, 4) is 34.3 Å². The number of pyridine rings is 1. The molecule has 4 rings (SSSR count). The predicted octanol–water partition coefficient (Wildman–Crippen LogP) is 2.65. The maximum atomic E-state index is 12.9. The number of methoxy groups -OCH3 is 2. The van der Waals surface area contributed by atoms with E-state index in [-0.39, 0.29) is 22.4 Å². The van der Waals surface area contributed by atoms with Crippen molar-refractivity contribution in [2.24, 2.45) is 0 Å². The summed E-state index contributed by atoms with van der Waals surface area (Å²) < 4.78 is 12.4. The molecule has 0 amide bonds. The first-order chi connectivity index (χ1) is 12.0. The smallest absolute Gasteiger partial charge is 0.262 e. The minimum Gasteiger partial charge on any atom is -0.504 e. The van der Waals surface area contributed by atoms with Crippen molar-refractivity contribution in [1.82, 2.24) is 4.57 Å². The van der Waals surface area contributed by atoms with E-state index in [1.54, 1.807) is 24.9 Å². The molecule has 0 bridgehead atoms. The number of rotatable bonds is 2. The highest BCUT2D eigenvalue weighted by Crippen LogP contribution is 2.40. The van der Waals surface area contributed by atoms with Crippen molar-refractivity contribution in [3.05, 3.63) is 46.2 Å². The van der Waals surface area contributed by atoms with Crippen LogP contribution in [0.15, 0.2) is 35.1 Å². The third kappa shape index (κ3) is 2.14. The van der Waals surface area contributed by atoms with E-state index < -0.39 is 0 Å². The summed E-state index contributed by atoms with van der Waals surface area (Å²) in [6.07, 6.45) is 0.660. The number of benzene rings is 2. The molecule has 3 aromatic rings. The van der Waals surface area contributed by atoms with Crippen LogP contribution in [0.2, 0.25) is 0 Å². The molecule has 2 N–H and O–H groups in total. The van der Waals surface area contributed by atoms with Gasteiger partial charge in [-0.1, -0.05) is 6.07 Å². The average molecular weight is 339 g/mol. The van der Waals surface area contributed by atoms with Gasteiger partial charge in [0.15, 0.2) is 23.0 Å². The summed E-state index contributed by atoms with van der Waals surface area (Å²) in [6, 6.07) is 8.65. The van der Waals surface area contributed by atoms with Gasteiger partial charge in [0, 0.05) is 12.1 Å².